The number of nitrogens with one attached hydrogen (secondary N) is 2. The third-order valence-electron chi connectivity index (χ3n) is 3.46. The average Bonchev–Trinajstić information content (AvgIpc) is 2.38. The summed E-state index contributed by atoms with van der Waals surface area (Å²) < 4.78 is 5.65. The SMILES string of the molecule is Cc1cc(C)cc(OCCC(=O)NC2CCCNC2)c1. The summed E-state index contributed by atoms with van der Waals surface area (Å²) in [6.45, 7) is 6.45. The van der Waals surface area contributed by atoms with Gasteiger partial charge in [0.2, 0.25) is 5.91 Å². The summed E-state index contributed by atoms with van der Waals surface area (Å²) in [7, 11) is 0. The highest BCUT2D eigenvalue weighted by Gasteiger charge is 2.14. The Balaban J connectivity index is 1.70. The van der Waals surface area contributed by atoms with E-state index in [0.717, 1.165) is 31.7 Å². The number of piperidine rings is 1. The molecular formula is C16H24N2O2. The van der Waals surface area contributed by atoms with E-state index in [4.69, 9.17) is 4.74 Å². The van der Waals surface area contributed by atoms with E-state index in [-0.39, 0.29) is 11.9 Å². The van der Waals surface area contributed by atoms with E-state index in [0.29, 0.717) is 13.0 Å². The molecule has 0 saturated carbocycles. The molecule has 2 N–H and O–H groups in total. The second-order valence-electron chi connectivity index (χ2n) is 5.53. The molecule has 0 bridgehead atoms. The van der Waals surface area contributed by atoms with Gasteiger partial charge in [0.1, 0.15) is 5.75 Å². The highest BCUT2D eigenvalue weighted by atomic mass is 16.5. The zero-order chi connectivity index (χ0) is 14.4. The Hall–Kier alpha value is -1.55. The molecule has 1 unspecified atom stereocenters. The van der Waals surface area contributed by atoms with Crippen LogP contribution in [-0.4, -0.2) is 31.6 Å². The number of aryl methyl sites for hydroxylation is 2. The van der Waals surface area contributed by atoms with E-state index in [1.807, 2.05) is 26.0 Å². The number of hydrogen-bond acceptors (Lipinski definition) is 3. The fourth-order valence-corrected chi connectivity index (χ4v) is 2.55. The summed E-state index contributed by atoms with van der Waals surface area (Å²) in [6, 6.07) is 6.37. The van der Waals surface area contributed by atoms with Gasteiger partial charge in [-0.2, -0.15) is 0 Å². The molecule has 1 fully saturated rings. The van der Waals surface area contributed by atoms with Crippen molar-refractivity contribution in [3.8, 4) is 5.75 Å². The topological polar surface area (TPSA) is 50.4 Å². The lowest BCUT2D eigenvalue weighted by Crippen LogP contribution is -2.45. The maximum atomic E-state index is 11.8. The first-order valence-electron chi connectivity index (χ1n) is 7.34. The molecule has 1 amide bonds. The zero-order valence-corrected chi connectivity index (χ0v) is 12.4. The molecule has 20 heavy (non-hydrogen) atoms. The first kappa shape index (κ1) is 14.9. The predicted octanol–water partition coefficient (Wildman–Crippen LogP) is 1.94. The van der Waals surface area contributed by atoms with Gasteiger partial charge in [0.05, 0.1) is 13.0 Å². The van der Waals surface area contributed by atoms with Crippen molar-refractivity contribution in [3.63, 3.8) is 0 Å². The van der Waals surface area contributed by atoms with Gasteiger partial charge in [-0.05, 0) is 56.5 Å². The fraction of sp³-hybridized carbons (Fsp3) is 0.562. The molecule has 0 radical (unpaired) electrons. The van der Waals surface area contributed by atoms with E-state index in [1.54, 1.807) is 0 Å². The third kappa shape index (κ3) is 4.85. The van der Waals surface area contributed by atoms with Crippen LogP contribution in [0.2, 0.25) is 0 Å². The minimum Gasteiger partial charge on any atom is -0.493 e. The first-order valence-corrected chi connectivity index (χ1v) is 7.34. The molecule has 4 nitrogen and oxygen atoms in total. The highest BCUT2D eigenvalue weighted by Crippen LogP contribution is 2.16. The number of carbonyl (C=O) groups is 1. The van der Waals surface area contributed by atoms with Crippen LogP contribution >= 0.6 is 0 Å². The van der Waals surface area contributed by atoms with Crippen LogP contribution in [0.4, 0.5) is 0 Å². The van der Waals surface area contributed by atoms with Crippen molar-refractivity contribution < 1.29 is 9.53 Å². The predicted molar refractivity (Wildman–Crippen MR) is 80.1 cm³/mol. The van der Waals surface area contributed by atoms with Crippen molar-refractivity contribution in [3.05, 3.63) is 29.3 Å². The van der Waals surface area contributed by atoms with Crippen molar-refractivity contribution in [1.82, 2.24) is 10.6 Å². The Kier molecular flexibility index (Phi) is 5.41. The molecule has 1 atom stereocenters. The van der Waals surface area contributed by atoms with Gasteiger partial charge in [-0.15, -0.1) is 0 Å². The van der Waals surface area contributed by atoms with Crippen LogP contribution in [0.1, 0.15) is 30.4 Å². The summed E-state index contributed by atoms with van der Waals surface area (Å²) >= 11 is 0. The van der Waals surface area contributed by atoms with Crippen molar-refractivity contribution in [2.45, 2.75) is 39.2 Å². The second kappa shape index (κ2) is 7.29. The summed E-state index contributed by atoms with van der Waals surface area (Å²) in [5, 5.41) is 6.34. The normalized spacial score (nSPS) is 18.6. The molecular weight excluding hydrogens is 252 g/mol. The quantitative estimate of drug-likeness (QED) is 0.864. The van der Waals surface area contributed by atoms with E-state index >= 15 is 0 Å². The number of hydrogen-bond donors (Lipinski definition) is 2. The number of benzene rings is 1. The molecule has 1 aromatic rings. The van der Waals surface area contributed by atoms with Gasteiger partial charge in [-0.3, -0.25) is 4.79 Å². The number of rotatable bonds is 5. The lowest BCUT2D eigenvalue weighted by atomic mass is 10.1. The van der Waals surface area contributed by atoms with Gasteiger partial charge in [0.25, 0.3) is 0 Å². The summed E-state index contributed by atoms with van der Waals surface area (Å²) in [5.41, 5.74) is 2.36. The van der Waals surface area contributed by atoms with E-state index in [2.05, 4.69) is 16.7 Å². The number of ether oxygens (including phenoxy) is 1. The van der Waals surface area contributed by atoms with Gasteiger partial charge in [0.15, 0.2) is 0 Å². The maximum Gasteiger partial charge on any atom is 0.223 e. The Morgan fingerprint density at radius 2 is 2.10 bits per heavy atom. The second-order valence-corrected chi connectivity index (χ2v) is 5.53. The van der Waals surface area contributed by atoms with Crippen LogP contribution in [0.5, 0.6) is 5.75 Å². The lowest BCUT2D eigenvalue weighted by Gasteiger charge is -2.23. The maximum absolute atomic E-state index is 11.8. The van der Waals surface area contributed by atoms with Crippen molar-refractivity contribution in [2.75, 3.05) is 19.7 Å². The summed E-state index contributed by atoms with van der Waals surface area (Å²) in [5.74, 6) is 0.915. The van der Waals surface area contributed by atoms with Gasteiger partial charge in [-0.25, -0.2) is 0 Å². The average molecular weight is 276 g/mol. The fourth-order valence-electron chi connectivity index (χ4n) is 2.55. The number of amides is 1. The van der Waals surface area contributed by atoms with E-state index < -0.39 is 0 Å². The van der Waals surface area contributed by atoms with Crippen LogP contribution in [0, 0.1) is 13.8 Å². The van der Waals surface area contributed by atoms with Crippen LogP contribution in [0.15, 0.2) is 18.2 Å². The van der Waals surface area contributed by atoms with Gasteiger partial charge >= 0.3 is 0 Å². The van der Waals surface area contributed by atoms with Crippen molar-refractivity contribution in [1.29, 1.82) is 0 Å². The zero-order valence-electron chi connectivity index (χ0n) is 12.4. The van der Waals surface area contributed by atoms with Gasteiger partial charge in [-0.1, -0.05) is 6.07 Å². The molecule has 1 aromatic carbocycles. The van der Waals surface area contributed by atoms with Crippen LogP contribution in [0.3, 0.4) is 0 Å². The smallest absolute Gasteiger partial charge is 0.223 e. The highest BCUT2D eigenvalue weighted by molar-refractivity contribution is 5.76. The molecule has 1 aliphatic rings. The van der Waals surface area contributed by atoms with Gasteiger partial charge < -0.3 is 15.4 Å². The molecule has 1 aliphatic heterocycles. The van der Waals surface area contributed by atoms with E-state index in [9.17, 15) is 4.79 Å². The van der Waals surface area contributed by atoms with Crippen LogP contribution in [0.25, 0.3) is 0 Å². The van der Waals surface area contributed by atoms with Crippen LogP contribution in [-0.2, 0) is 4.79 Å². The first-order chi connectivity index (χ1) is 9.63. The van der Waals surface area contributed by atoms with E-state index in [1.165, 1.54) is 11.1 Å². The molecule has 4 heteroatoms. The van der Waals surface area contributed by atoms with Crippen molar-refractivity contribution >= 4 is 5.91 Å². The standard InChI is InChI=1S/C16H24N2O2/c1-12-8-13(2)10-15(9-12)20-7-5-16(19)18-14-4-3-6-17-11-14/h8-10,14,17H,3-7,11H2,1-2H3,(H,18,19). The minimum absolute atomic E-state index is 0.0723. The summed E-state index contributed by atoms with van der Waals surface area (Å²) in [4.78, 5) is 11.8. The summed E-state index contributed by atoms with van der Waals surface area (Å²) in [6.07, 6.45) is 2.60. The monoisotopic (exact) mass is 276 g/mol. The molecule has 0 spiro atoms. The lowest BCUT2D eigenvalue weighted by molar-refractivity contribution is -0.122. The molecule has 1 heterocycles. The molecule has 2 rings (SSSR count). The Morgan fingerprint density at radius 1 is 1.35 bits per heavy atom. The number of carbonyl (C=O) groups excluding carboxylic acids is 1. The Morgan fingerprint density at radius 3 is 2.75 bits per heavy atom. The largest absolute Gasteiger partial charge is 0.493 e. The molecule has 0 aliphatic carbocycles. The van der Waals surface area contributed by atoms with Gasteiger partial charge in [0, 0.05) is 12.6 Å². The molecule has 110 valence electrons. The third-order valence-corrected chi connectivity index (χ3v) is 3.46. The van der Waals surface area contributed by atoms with Crippen molar-refractivity contribution in [2.24, 2.45) is 0 Å². The van der Waals surface area contributed by atoms with Crippen LogP contribution < -0.4 is 15.4 Å². The Labute approximate surface area is 120 Å². The minimum atomic E-state index is 0.0723. The molecule has 1 saturated heterocycles. The Bertz CT molecular complexity index is 434. The molecule has 0 aromatic heterocycles.